The largest absolute Gasteiger partial charge is 0.459 e. The van der Waals surface area contributed by atoms with Crippen molar-refractivity contribution in [2.24, 2.45) is 0 Å². The molecular weight excluding hydrogens is 382 g/mol. The molecule has 0 atom stereocenters. The van der Waals surface area contributed by atoms with E-state index in [9.17, 15) is 9.59 Å². The molecule has 6 nitrogen and oxygen atoms in total. The fourth-order valence-electron chi connectivity index (χ4n) is 2.58. The summed E-state index contributed by atoms with van der Waals surface area (Å²) in [5.74, 6) is -0.305. The SMILES string of the molecule is Cc1cc(NC(=O)c2ccco2)sc1C(=O)NCc1nc2ccccc2s1. The number of fused-ring (bicyclic) bond motifs is 1. The van der Waals surface area contributed by atoms with Crippen LogP contribution in [0.4, 0.5) is 5.00 Å². The summed E-state index contributed by atoms with van der Waals surface area (Å²) in [6, 6.07) is 12.9. The summed E-state index contributed by atoms with van der Waals surface area (Å²) in [7, 11) is 0. The van der Waals surface area contributed by atoms with E-state index < -0.39 is 0 Å². The molecule has 0 fully saturated rings. The molecule has 0 aliphatic heterocycles. The molecule has 0 saturated heterocycles. The minimum absolute atomic E-state index is 0.185. The molecule has 0 bridgehead atoms. The van der Waals surface area contributed by atoms with E-state index in [1.54, 1.807) is 29.5 Å². The lowest BCUT2D eigenvalue weighted by atomic mass is 10.3. The zero-order chi connectivity index (χ0) is 18.8. The summed E-state index contributed by atoms with van der Waals surface area (Å²) in [5, 5.41) is 7.10. The van der Waals surface area contributed by atoms with Crippen molar-refractivity contribution in [2.45, 2.75) is 13.5 Å². The number of thiophene rings is 1. The average Bonchev–Trinajstić information content (AvgIpc) is 3.39. The summed E-state index contributed by atoms with van der Waals surface area (Å²) in [6.07, 6.45) is 1.44. The normalized spacial score (nSPS) is 10.9. The van der Waals surface area contributed by atoms with E-state index in [-0.39, 0.29) is 17.6 Å². The minimum atomic E-state index is -0.345. The van der Waals surface area contributed by atoms with Crippen LogP contribution in [0.2, 0.25) is 0 Å². The lowest BCUT2D eigenvalue weighted by Gasteiger charge is -2.01. The molecule has 0 aliphatic rings. The maximum atomic E-state index is 12.5. The first kappa shape index (κ1) is 17.4. The van der Waals surface area contributed by atoms with E-state index in [1.165, 1.54) is 17.6 Å². The highest BCUT2D eigenvalue weighted by atomic mass is 32.1. The van der Waals surface area contributed by atoms with Gasteiger partial charge < -0.3 is 15.1 Å². The minimum Gasteiger partial charge on any atom is -0.459 e. The van der Waals surface area contributed by atoms with Crippen molar-refractivity contribution in [3.05, 3.63) is 69.9 Å². The van der Waals surface area contributed by atoms with Gasteiger partial charge in [-0.1, -0.05) is 12.1 Å². The molecule has 0 aliphatic carbocycles. The first-order chi connectivity index (χ1) is 13.1. The maximum Gasteiger partial charge on any atom is 0.291 e. The third-order valence-corrected chi connectivity index (χ3v) is 6.03. The molecular formula is C19H15N3O3S2. The zero-order valence-corrected chi connectivity index (χ0v) is 15.9. The third-order valence-electron chi connectivity index (χ3n) is 3.84. The highest BCUT2D eigenvalue weighted by Crippen LogP contribution is 2.27. The smallest absolute Gasteiger partial charge is 0.291 e. The molecule has 27 heavy (non-hydrogen) atoms. The second kappa shape index (κ2) is 7.34. The van der Waals surface area contributed by atoms with E-state index >= 15 is 0 Å². The number of furan rings is 1. The number of anilines is 1. The first-order valence-corrected chi connectivity index (χ1v) is 9.81. The predicted molar refractivity (Wildman–Crippen MR) is 107 cm³/mol. The number of benzene rings is 1. The molecule has 4 rings (SSSR count). The van der Waals surface area contributed by atoms with Gasteiger partial charge in [-0.15, -0.1) is 22.7 Å². The monoisotopic (exact) mass is 397 g/mol. The number of hydrogen-bond donors (Lipinski definition) is 2. The highest BCUT2D eigenvalue weighted by Gasteiger charge is 2.17. The Morgan fingerprint density at radius 2 is 1.96 bits per heavy atom. The number of carbonyl (C=O) groups excluding carboxylic acids is 2. The first-order valence-electron chi connectivity index (χ1n) is 8.18. The molecule has 2 amide bonds. The van der Waals surface area contributed by atoms with Crippen molar-refractivity contribution in [2.75, 3.05) is 5.32 Å². The van der Waals surface area contributed by atoms with Crippen LogP contribution in [0.25, 0.3) is 10.2 Å². The van der Waals surface area contributed by atoms with Gasteiger partial charge in [-0.3, -0.25) is 9.59 Å². The Morgan fingerprint density at radius 1 is 1.11 bits per heavy atom. The van der Waals surface area contributed by atoms with Gasteiger partial charge in [-0.25, -0.2) is 4.98 Å². The van der Waals surface area contributed by atoms with Gasteiger partial charge in [0.1, 0.15) is 5.01 Å². The van der Waals surface area contributed by atoms with E-state index in [0.29, 0.717) is 16.4 Å². The quantitative estimate of drug-likeness (QED) is 0.521. The summed E-state index contributed by atoms with van der Waals surface area (Å²) >= 11 is 2.79. The Morgan fingerprint density at radius 3 is 2.74 bits per heavy atom. The third kappa shape index (κ3) is 3.76. The van der Waals surface area contributed by atoms with E-state index in [2.05, 4.69) is 15.6 Å². The van der Waals surface area contributed by atoms with Gasteiger partial charge in [0.25, 0.3) is 11.8 Å². The number of nitrogens with one attached hydrogen (secondary N) is 2. The number of nitrogens with zero attached hydrogens (tertiary/aromatic N) is 1. The van der Waals surface area contributed by atoms with Crippen molar-refractivity contribution in [3.8, 4) is 0 Å². The lowest BCUT2D eigenvalue weighted by molar-refractivity contribution is 0.0953. The van der Waals surface area contributed by atoms with Gasteiger partial charge in [0.15, 0.2) is 5.76 Å². The fourth-order valence-corrected chi connectivity index (χ4v) is 4.47. The van der Waals surface area contributed by atoms with Crippen LogP contribution in [0.3, 0.4) is 0 Å². The van der Waals surface area contributed by atoms with Crippen LogP contribution in [-0.4, -0.2) is 16.8 Å². The Bertz CT molecular complexity index is 1080. The number of aromatic nitrogens is 1. The zero-order valence-electron chi connectivity index (χ0n) is 14.3. The Hall–Kier alpha value is -2.97. The van der Waals surface area contributed by atoms with Crippen LogP contribution >= 0.6 is 22.7 Å². The predicted octanol–water partition coefficient (Wildman–Crippen LogP) is 4.44. The number of para-hydroxylation sites is 1. The highest BCUT2D eigenvalue weighted by molar-refractivity contribution is 7.18. The molecule has 0 saturated carbocycles. The van der Waals surface area contributed by atoms with Crippen LogP contribution in [0.15, 0.2) is 53.1 Å². The van der Waals surface area contributed by atoms with Crippen LogP contribution in [0, 0.1) is 6.92 Å². The van der Waals surface area contributed by atoms with Crippen molar-refractivity contribution in [1.29, 1.82) is 0 Å². The van der Waals surface area contributed by atoms with E-state index in [1.807, 2.05) is 31.2 Å². The summed E-state index contributed by atoms with van der Waals surface area (Å²) in [5.41, 5.74) is 1.73. The number of amides is 2. The molecule has 0 spiro atoms. The van der Waals surface area contributed by atoms with Gasteiger partial charge in [-0.2, -0.15) is 0 Å². The molecule has 136 valence electrons. The van der Waals surface area contributed by atoms with Crippen molar-refractivity contribution in [3.63, 3.8) is 0 Å². The molecule has 8 heteroatoms. The average molecular weight is 397 g/mol. The van der Waals surface area contributed by atoms with Crippen LogP contribution in [-0.2, 0) is 6.54 Å². The summed E-state index contributed by atoms with van der Waals surface area (Å²) in [6.45, 7) is 2.20. The van der Waals surface area contributed by atoms with Crippen molar-refractivity contribution in [1.82, 2.24) is 10.3 Å². The van der Waals surface area contributed by atoms with Gasteiger partial charge >= 0.3 is 0 Å². The van der Waals surface area contributed by atoms with E-state index in [4.69, 9.17) is 4.42 Å². The molecule has 1 aromatic carbocycles. The number of hydrogen-bond acceptors (Lipinski definition) is 6. The molecule has 2 N–H and O–H groups in total. The van der Waals surface area contributed by atoms with Gasteiger partial charge in [0.05, 0.1) is 32.9 Å². The maximum absolute atomic E-state index is 12.5. The van der Waals surface area contributed by atoms with Crippen molar-refractivity contribution < 1.29 is 14.0 Å². The van der Waals surface area contributed by atoms with Crippen LogP contribution in [0.1, 0.15) is 30.8 Å². The van der Waals surface area contributed by atoms with Crippen molar-refractivity contribution >= 4 is 49.7 Å². The van der Waals surface area contributed by atoms with Gasteiger partial charge in [0.2, 0.25) is 0 Å². The number of aryl methyl sites for hydroxylation is 1. The van der Waals surface area contributed by atoms with E-state index in [0.717, 1.165) is 20.8 Å². The number of rotatable bonds is 5. The van der Waals surface area contributed by atoms with Crippen LogP contribution < -0.4 is 10.6 Å². The Kier molecular flexibility index (Phi) is 4.74. The second-order valence-electron chi connectivity index (χ2n) is 5.81. The topological polar surface area (TPSA) is 84.2 Å². The second-order valence-corrected chi connectivity index (χ2v) is 7.98. The fraction of sp³-hybridized carbons (Fsp3) is 0.105. The summed E-state index contributed by atoms with van der Waals surface area (Å²) < 4.78 is 6.17. The Labute approximate surface area is 162 Å². The number of thiazole rings is 1. The molecule has 4 aromatic rings. The lowest BCUT2D eigenvalue weighted by Crippen LogP contribution is -2.22. The van der Waals surface area contributed by atoms with Gasteiger partial charge in [0, 0.05) is 0 Å². The summed E-state index contributed by atoms with van der Waals surface area (Å²) in [4.78, 5) is 29.7. The molecule has 0 unspecified atom stereocenters. The van der Waals surface area contributed by atoms with Gasteiger partial charge in [-0.05, 0) is 42.8 Å². The Balaban J connectivity index is 1.42. The molecule has 0 radical (unpaired) electrons. The van der Waals surface area contributed by atoms with Crippen LogP contribution in [0.5, 0.6) is 0 Å². The number of carbonyl (C=O) groups is 2. The molecule has 3 heterocycles. The molecule has 3 aromatic heterocycles. The standard InChI is InChI=1S/C19H15N3O3S2/c1-11-9-15(22-18(23)13-6-4-8-25-13)27-17(11)19(24)20-10-16-21-12-5-2-3-7-14(12)26-16/h2-9H,10H2,1H3,(H,20,24)(H,22,23).